The fourth-order valence-electron chi connectivity index (χ4n) is 2.25. The molecule has 1 saturated heterocycles. The van der Waals surface area contributed by atoms with Gasteiger partial charge in [0.05, 0.1) is 10.3 Å². The van der Waals surface area contributed by atoms with E-state index in [-0.39, 0.29) is 18.0 Å². The van der Waals surface area contributed by atoms with Crippen LogP contribution in [0, 0.1) is 12.3 Å². The van der Waals surface area contributed by atoms with Crippen molar-refractivity contribution in [3.63, 3.8) is 0 Å². The topological polar surface area (TPSA) is 74.7 Å². The Morgan fingerprint density at radius 1 is 1.45 bits per heavy atom. The van der Waals surface area contributed by atoms with Gasteiger partial charge in [0.15, 0.2) is 0 Å². The van der Waals surface area contributed by atoms with Crippen LogP contribution in [0.1, 0.15) is 18.9 Å². The first-order valence-corrected chi connectivity index (χ1v) is 8.40. The molecule has 1 N–H and O–H groups in total. The predicted octanol–water partition coefficient (Wildman–Crippen LogP) is 2.24. The zero-order valence-corrected chi connectivity index (χ0v) is 13.7. The summed E-state index contributed by atoms with van der Waals surface area (Å²) in [6.07, 6.45) is 0.324. The molecule has 1 heterocycles. The van der Waals surface area contributed by atoms with E-state index in [4.69, 9.17) is 0 Å². The second-order valence-corrected chi connectivity index (χ2v) is 8.15. The van der Waals surface area contributed by atoms with Crippen LogP contribution in [0.3, 0.4) is 0 Å². The highest BCUT2D eigenvalue weighted by atomic mass is 79.9. The van der Waals surface area contributed by atoms with Gasteiger partial charge in [-0.05, 0) is 53.9 Å². The van der Waals surface area contributed by atoms with Crippen molar-refractivity contribution in [3.8, 4) is 0 Å². The Balaban J connectivity index is 2.38. The number of carbonyl (C=O) groups is 1. The molecule has 2 rings (SSSR count). The number of halogens is 1. The summed E-state index contributed by atoms with van der Waals surface area (Å²) in [4.78, 5) is 11.4. The number of carboxylic acids is 1. The van der Waals surface area contributed by atoms with Gasteiger partial charge in [-0.2, -0.15) is 4.31 Å². The minimum Gasteiger partial charge on any atom is -0.481 e. The van der Waals surface area contributed by atoms with Crippen LogP contribution < -0.4 is 0 Å². The predicted molar refractivity (Wildman–Crippen MR) is 78.0 cm³/mol. The summed E-state index contributed by atoms with van der Waals surface area (Å²) in [5.74, 6) is -0.960. The van der Waals surface area contributed by atoms with Gasteiger partial charge in [0, 0.05) is 17.6 Å². The van der Waals surface area contributed by atoms with Crippen LogP contribution in [0.15, 0.2) is 27.6 Å². The van der Waals surface area contributed by atoms with Crippen LogP contribution in [-0.2, 0) is 14.8 Å². The SMILES string of the molecule is Cc1ccc(Br)c(S(=O)(=O)N2CCC(C)(C(=O)O)C2)c1. The third kappa shape index (κ3) is 2.62. The highest BCUT2D eigenvalue weighted by Gasteiger charge is 2.45. The molecule has 0 aliphatic carbocycles. The van der Waals surface area contributed by atoms with Crippen molar-refractivity contribution >= 4 is 31.9 Å². The Bertz CT molecular complexity index is 658. The molecule has 1 aromatic carbocycles. The lowest BCUT2D eigenvalue weighted by Gasteiger charge is -2.20. The van der Waals surface area contributed by atoms with Gasteiger partial charge in [0.1, 0.15) is 0 Å². The summed E-state index contributed by atoms with van der Waals surface area (Å²) in [6.45, 7) is 3.63. The summed E-state index contributed by atoms with van der Waals surface area (Å²) >= 11 is 3.25. The average molecular weight is 362 g/mol. The standard InChI is InChI=1S/C13H16BrNO4S/c1-9-3-4-10(14)11(7-9)20(18,19)15-6-5-13(2,8-15)12(16)17/h3-4,7H,5-6,8H2,1-2H3,(H,16,17). The lowest BCUT2D eigenvalue weighted by Crippen LogP contribution is -2.35. The molecule has 20 heavy (non-hydrogen) atoms. The molecule has 0 spiro atoms. The number of hydrogen-bond donors (Lipinski definition) is 1. The molecule has 1 aliphatic rings. The van der Waals surface area contributed by atoms with Crippen molar-refractivity contribution in [1.29, 1.82) is 0 Å². The number of sulfonamides is 1. The molecule has 110 valence electrons. The third-order valence-electron chi connectivity index (χ3n) is 3.66. The minimum absolute atomic E-state index is 0.00501. The van der Waals surface area contributed by atoms with E-state index in [0.29, 0.717) is 10.9 Å². The highest BCUT2D eigenvalue weighted by molar-refractivity contribution is 9.10. The Labute approximate surface area is 126 Å². The van der Waals surface area contributed by atoms with E-state index in [9.17, 15) is 18.3 Å². The first-order valence-electron chi connectivity index (χ1n) is 6.16. The van der Waals surface area contributed by atoms with Gasteiger partial charge in [-0.15, -0.1) is 0 Å². The number of hydrogen-bond acceptors (Lipinski definition) is 3. The molecule has 1 atom stereocenters. The highest BCUT2D eigenvalue weighted by Crippen LogP contribution is 2.35. The summed E-state index contributed by atoms with van der Waals surface area (Å²) in [5, 5.41) is 9.19. The maximum atomic E-state index is 12.6. The van der Waals surface area contributed by atoms with Gasteiger partial charge in [-0.3, -0.25) is 4.79 Å². The third-order valence-corrected chi connectivity index (χ3v) is 6.50. The van der Waals surface area contributed by atoms with Crippen molar-refractivity contribution in [2.75, 3.05) is 13.1 Å². The van der Waals surface area contributed by atoms with Crippen LogP contribution in [0.25, 0.3) is 0 Å². The summed E-state index contributed by atoms with van der Waals surface area (Å²) in [7, 11) is -3.67. The first kappa shape index (κ1) is 15.5. The second kappa shape index (κ2) is 5.13. The average Bonchev–Trinajstić information content (AvgIpc) is 2.77. The van der Waals surface area contributed by atoms with E-state index in [2.05, 4.69) is 15.9 Å². The lowest BCUT2D eigenvalue weighted by molar-refractivity contribution is -0.146. The van der Waals surface area contributed by atoms with Crippen LogP contribution in [0.2, 0.25) is 0 Å². The Morgan fingerprint density at radius 2 is 2.10 bits per heavy atom. The molecule has 1 aromatic rings. The van der Waals surface area contributed by atoms with Gasteiger partial charge in [0.2, 0.25) is 10.0 Å². The summed E-state index contributed by atoms with van der Waals surface area (Å²) in [5.41, 5.74) is -0.171. The fraction of sp³-hybridized carbons (Fsp3) is 0.462. The molecule has 7 heteroatoms. The molecule has 0 amide bonds. The van der Waals surface area contributed by atoms with Crippen molar-refractivity contribution in [1.82, 2.24) is 4.31 Å². The number of rotatable bonds is 3. The first-order chi connectivity index (χ1) is 9.17. The van der Waals surface area contributed by atoms with E-state index in [0.717, 1.165) is 5.56 Å². The molecule has 1 aliphatic heterocycles. The van der Waals surface area contributed by atoms with E-state index in [1.807, 2.05) is 13.0 Å². The molecule has 0 saturated carbocycles. The van der Waals surface area contributed by atoms with Gasteiger partial charge in [0.25, 0.3) is 0 Å². The molecular weight excluding hydrogens is 346 g/mol. The van der Waals surface area contributed by atoms with Crippen molar-refractivity contribution in [2.45, 2.75) is 25.2 Å². The van der Waals surface area contributed by atoms with E-state index < -0.39 is 21.4 Å². The van der Waals surface area contributed by atoms with Crippen LogP contribution in [-0.4, -0.2) is 36.9 Å². The fourth-order valence-corrected chi connectivity index (χ4v) is 4.82. The molecule has 1 unspecified atom stereocenters. The molecular formula is C13H16BrNO4S. The maximum Gasteiger partial charge on any atom is 0.310 e. The van der Waals surface area contributed by atoms with Gasteiger partial charge < -0.3 is 5.11 Å². The number of aryl methyl sites for hydroxylation is 1. The van der Waals surface area contributed by atoms with E-state index >= 15 is 0 Å². The van der Waals surface area contributed by atoms with Crippen molar-refractivity contribution in [3.05, 3.63) is 28.2 Å². The van der Waals surface area contributed by atoms with Crippen LogP contribution >= 0.6 is 15.9 Å². The zero-order chi connectivity index (χ0) is 15.1. The van der Waals surface area contributed by atoms with Crippen molar-refractivity contribution in [2.24, 2.45) is 5.41 Å². The Kier molecular flexibility index (Phi) is 3.96. The smallest absolute Gasteiger partial charge is 0.310 e. The largest absolute Gasteiger partial charge is 0.481 e. The number of aliphatic carboxylic acids is 1. The van der Waals surface area contributed by atoms with E-state index in [1.54, 1.807) is 19.1 Å². The second-order valence-electron chi connectivity index (χ2n) is 5.39. The Morgan fingerprint density at radius 3 is 2.65 bits per heavy atom. The monoisotopic (exact) mass is 361 g/mol. The van der Waals surface area contributed by atoms with Gasteiger partial charge in [-0.25, -0.2) is 8.42 Å². The molecule has 1 fully saturated rings. The van der Waals surface area contributed by atoms with Crippen LogP contribution in [0.5, 0.6) is 0 Å². The molecule has 0 bridgehead atoms. The minimum atomic E-state index is -3.67. The normalized spacial score (nSPS) is 23.9. The summed E-state index contributed by atoms with van der Waals surface area (Å²) in [6, 6.07) is 5.10. The van der Waals surface area contributed by atoms with Crippen LogP contribution in [0.4, 0.5) is 0 Å². The number of carboxylic acid groups (broad SMARTS) is 1. The molecule has 5 nitrogen and oxygen atoms in total. The number of nitrogens with zero attached hydrogens (tertiary/aromatic N) is 1. The quantitative estimate of drug-likeness (QED) is 0.895. The molecule has 0 aromatic heterocycles. The van der Waals surface area contributed by atoms with Gasteiger partial charge in [-0.1, -0.05) is 6.07 Å². The lowest BCUT2D eigenvalue weighted by atomic mass is 9.90. The van der Waals surface area contributed by atoms with Gasteiger partial charge >= 0.3 is 5.97 Å². The van der Waals surface area contributed by atoms with Crippen molar-refractivity contribution < 1.29 is 18.3 Å². The van der Waals surface area contributed by atoms with E-state index in [1.165, 1.54) is 4.31 Å². The maximum absolute atomic E-state index is 12.6. The zero-order valence-electron chi connectivity index (χ0n) is 11.3. The summed E-state index contributed by atoms with van der Waals surface area (Å²) < 4.78 is 27.0. The Hall–Kier alpha value is -0.920. The number of benzene rings is 1. The molecule has 0 radical (unpaired) electrons.